The zero-order valence-electron chi connectivity index (χ0n) is 55.0. The van der Waals surface area contributed by atoms with Crippen molar-refractivity contribution in [2.45, 2.75) is 105 Å². The second-order valence-corrected chi connectivity index (χ2v) is 28.9. The first-order valence-corrected chi connectivity index (χ1v) is 32.4. The van der Waals surface area contributed by atoms with Crippen LogP contribution in [0.1, 0.15) is 106 Å². The Bertz CT molecular complexity index is 6000. The largest absolute Gasteiger partial charge is 0.292 e. The molecule has 0 aliphatic rings. The molecule has 18 rings (SSSR count). The van der Waals surface area contributed by atoms with Gasteiger partial charge in [0.25, 0.3) is 0 Å². The molecule has 0 aliphatic heterocycles. The van der Waals surface area contributed by atoms with Gasteiger partial charge in [-0.1, -0.05) is 241 Å². The normalized spacial score (nSPS) is 12.5. The van der Waals surface area contributed by atoms with Crippen LogP contribution in [0.5, 0.6) is 0 Å². The summed E-state index contributed by atoms with van der Waals surface area (Å²) in [5.41, 5.74) is 19.1. The summed E-state index contributed by atoms with van der Waals surface area (Å²) in [5, 5.41) is 13.4. The van der Waals surface area contributed by atoms with Gasteiger partial charge in [-0.3, -0.25) is 18.2 Å². The monoisotopic (exact) mass is 1210 g/mol. The molecule has 456 valence electrons. The van der Waals surface area contributed by atoms with E-state index in [4.69, 9.17) is 24.9 Å². The van der Waals surface area contributed by atoms with Crippen LogP contribution in [0.25, 0.3) is 137 Å². The Morgan fingerprint density at radius 2 is 0.710 bits per heavy atom. The molecule has 9 nitrogen and oxygen atoms in total. The molecule has 8 aromatic heterocycles. The Morgan fingerprint density at radius 1 is 0.269 bits per heavy atom. The van der Waals surface area contributed by atoms with Crippen LogP contribution in [0.4, 0.5) is 0 Å². The van der Waals surface area contributed by atoms with E-state index in [9.17, 15) is 0 Å². The van der Waals surface area contributed by atoms with Gasteiger partial charge in [-0.15, -0.1) is 0 Å². The predicted octanol–water partition coefficient (Wildman–Crippen LogP) is 21.7. The molecule has 0 radical (unpaired) electrons. The fourth-order valence-corrected chi connectivity index (χ4v) is 13.3. The second-order valence-electron chi connectivity index (χ2n) is 28.9. The smallest absolute Gasteiger partial charge is 0.148 e. The minimum Gasteiger partial charge on any atom is -0.292 e. The van der Waals surface area contributed by atoms with Gasteiger partial charge in [0.15, 0.2) is 0 Å². The third-order valence-electron chi connectivity index (χ3n) is 18.2. The van der Waals surface area contributed by atoms with Crippen molar-refractivity contribution in [1.82, 2.24) is 43.1 Å². The molecular formula is C84H75N9. The van der Waals surface area contributed by atoms with E-state index >= 15 is 0 Å². The number of rotatable bonds is 0. The lowest BCUT2D eigenvalue weighted by Gasteiger charge is -2.20. The standard InChI is InChI=1S/C27H22N2.C23H20N2.C18H17N3.C16H16N2/c1-27(2,3)18-13-15-20-21-14-12-17-8-4-5-9-19(17)25(21)26-28-22-10-6-7-11-23(22)29(26)24(20)16-18;1-23(2,3)15-12-13-17-16-8-4-5-9-18(16)22-24-19-10-6-7-11-20(19)25(22)21(17)14-15;1-18(2,3)17-20-13-9-5-4-8-12(13)16-19-14-10-6-7-11-15(14)21(16)17;1-16(2,3)13-9-8-12-7-6-11-5-4-10-17-14(11)15(12)18-13/h4-16H,1-3H3;4-14H,1-3H3;4-11H,1-3H3;4-10H,1-3H3. The summed E-state index contributed by atoms with van der Waals surface area (Å²) >= 11 is 0. The topological polar surface area (TPSA) is 90.6 Å². The summed E-state index contributed by atoms with van der Waals surface area (Å²) in [5.74, 6) is 1.05. The molecule has 10 aromatic carbocycles. The van der Waals surface area contributed by atoms with Crippen molar-refractivity contribution in [3.8, 4) is 0 Å². The minimum atomic E-state index is -0.0498. The highest BCUT2D eigenvalue weighted by Gasteiger charge is 2.25. The van der Waals surface area contributed by atoms with Crippen LogP contribution < -0.4 is 0 Å². The fraction of sp³-hybridized carbons (Fsp3) is 0.190. The molecule has 18 aromatic rings. The summed E-state index contributed by atoms with van der Waals surface area (Å²) in [6.45, 7) is 26.7. The van der Waals surface area contributed by atoms with Crippen molar-refractivity contribution in [3.05, 3.63) is 259 Å². The first kappa shape index (κ1) is 58.7. The number of aromatic nitrogens is 9. The van der Waals surface area contributed by atoms with Crippen molar-refractivity contribution >= 4 is 137 Å². The van der Waals surface area contributed by atoms with Gasteiger partial charge in [-0.05, 0) is 116 Å². The van der Waals surface area contributed by atoms with Gasteiger partial charge in [-0.2, -0.15) is 0 Å². The molecular weight excluding hydrogens is 1130 g/mol. The zero-order valence-corrected chi connectivity index (χ0v) is 55.0. The Balaban J connectivity index is 0.000000104. The van der Waals surface area contributed by atoms with Crippen LogP contribution in [0.2, 0.25) is 0 Å². The maximum Gasteiger partial charge on any atom is 0.148 e. The SMILES string of the molecule is CC(C)(C)c1ccc2c3ccc4ccccc4c3c3nc4ccccc4n3c2c1.CC(C)(C)c1ccc2c3ccccc3c3nc4ccccc4n3c2c1.CC(C)(C)c1ccc2ccc3cccnc3c2n1.CC(C)(C)c1nc2ccccc2c2nc3ccccc3n12. The van der Waals surface area contributed by atoms with Crippen molar-refractivity contribution in [3.63, 3.8) is 0 Å². The molecule has 0 N–H and O–H groups in total. The molecule has 0 unspecified atom stereocenters. The molecule has 0 aliphatic carbocycles. The van der Waals surface area contributed by atoms with Crippen LogP contribution >= 0.6 is 0 Å². The summed E-state index contributed by atoms with van der Waals surface area (Å²) in [6, 6.07) is 81.3. The number of nitrogens with zero attached hydrogens (tertiary/aromatic N) is 9. The van der Waals surface area contributed by atoms with E-state index in [2.05, 4.69) is 308 Å². The average molecular weight is 1210 g/mol. The highest BCUT2D eigenvalue weighted by atomic mass is 15.1. The number of fused-ring (bicyclic) bond motifs is 26. The summed E-state index contributed by atoms with van der Waals surface area (Å²) in [4.78, 5) is 29.1. The molecule has 0 atom stereocenters. The molecule has 0 fully saturated rings. The van der Waals surface area contributed by atoms with Crippen LogP contribution in [0.15, 0.2) is 237 Å². The van der Waals surface area contributed by atoms with Crippen molar-refractivity contribution in [2.24, 2.45) is 0 Å². The van der Waals surface area contributed by atoms with E-state index in [1.54, 1.807) is 0 Å². The van der Waals surface area contributed by atoms with Crippen molar-refractivity contribution < 1.29 is 0 Å². The van der Waals surface area contributed by atoms with E-state index in [0.29, 0.717) is 0 Å². The molecule has 9 heteroatoms. The minimum absolute atomic E-state index is 0.0498. The average Bonchev–Trinajstić information content (AvgIpc) is 1.70. The molecule has 0 bridgehead atoms. The lowest BCUT2D eigenvalue weighted by atomic mass is 9.86. The molecule has 93 heavy (non-hydrogen) atoms. The summed E-state index contributed by atoms with van der Waals surface area (Å²) in [6.07, 6.45) is 1.83. The third kappa shape index (κ3) is 10.3. The van der Waals surface area contributed by atoms with Gasteiger partial charge in [0.1, 0.15) is 22.8 Å². The lowest BCUT2D eigenvalue weighted by molar-refractivity contribution is 0.542. The summed E-state index contributed by atoms with van der Waals surface area (Å²) in [7, 11) is 0. The quantitative estimate of drug-likeness (QED) is 0.141. The molecule has 0 amide bonds. The molecule has 8 heterocycles. The Kier molecular flexibility index (Phi) is 13.9. The van der Waals surface area contributed by atoms with Crippen molar-refractivity contribution in [2.75, 3.05) is 0 Å². The maximum absolute atomic E-state index is 5.10. The predicted molar refractivity (Wildman–Crippen MR) is 393 cm³/mol. The van der Waals surface area contributed by atoms with Gasteiger partial charge >= 0.3 is 0 Å². The number of pyridine rings is 4. The number of benzene rings is 10. The highest BCUT2D eigenvalue weighted by molar-refractivity contribution is 6.23. The van der Waals surface area contributed by atoms with Crippen LogP contribution in [-0.4, -0.2) is 43.1 Å². The van der Waals surface area contributed by atoms with Gasteiger partial charge in [0.05, 0.1) is 60.7 Å². The zero-order chi connectivity index (χ0) is 64.3. The van der Waals surface area contributed by atoms with Crippen LogP contribution in [0.3, 0.4) is 0 Å². The van der Waals surface area contributed by atoms with E-state index in [-0.39, 0.29) is 21.7 Å². The van der Waals surface area contributed by atoms with E-state index in [1.807, 2.05) is 30.5 Å². The molecule has 0 saturated heterocycles. The number of hydrogen-bond acceptors (Lipinski definition) is 6. The first-order valence-electron chi connectivity index (χ1n) is 32.4. The third-order valence-corrected chi connectivity index (χ3v) is 18.2. The Hall–Kier alpha value is -10.6. The molecule has 0 saturated carbocycles. The number of imidazole rings is 3. The highest BCUT2D eigenvalue weighted by Crippen LogP contribution is 2.40. The van der Waals surface area contributed by atoms with Gasteiger partial charge in [0, 0.05) is 60.4 Å². The summed E-state index contributed by atoms with van der Waals surface area (Å²) < 4.78 is 6.88. The lowest BCUT2D eigenvalue weighted by Crippen LogP contribution is -2.18. The first-order chi connectivity index (χ1) is 44.7. The van der Waals surface area contributed by atoms with E-state index in [0.717, 1.165) is 88.8 Å². The van der Waals surface area contributed by atoms with Gasteiger partial charge in [-0.25, -0.2) is 24.9 Å². The van der Waals surface area contributed by atoms with Crippen LogP contribution in [0, 0.1) is 0 Å². The van der Waals surface area contributed by atoms with Crippen LogP contribution in [-0.2, 0) is 21.7 Å². The fourth-order valence-electron chi connectivity index (χ4n) is 13.3. The van der Waals surface area contributed by atoms with Gasteiger partial charge in [0.2, 0.25) is 0 Å². The number of para-hydroxylation sites is 7. The van der Waals surface area contributed by atoms with Crippen molar-refractivity contribution in [1.29, 1.82) is 0 Å². The Labute approximate surface area is 541 Å². The van der Waals surface area contributed by atoms with E-state index < -0.39 is 0 Å². The number of hydrogen-bond donors (Lipinski definition) is 0. The maximum atomic E-state index is 5.10. The Morgan fingerprint density at radius 3 is 1.30 bits per heavy atom. The van der Waals surface area contributed by atoms with Gasteiger partial charge < -0.3 is 0 Å². The van der Waals surface area contributed by atoms with E-state index in [1.165, 1.54) is 70.8 Å². The molecule has 0 spiro atoms. The second kappa shape index (κ2) is 22.1.